The molecule has 0 bridgehead atoms. The molecule has 0 aliphatic carbocycles. The molecule has 0 aliphatic rings. The fourth-order valence-electron chi connectivity index (χ4n) is 0.445. The van der Waals surface area contributed by atoms with Crippen molar-refractivity contribution in [2.24, 2.45) is 5.73 Å². The third-order valence-electron chi connectivity index (χ3n) is 0.921. The van der Waals surface area contributed by atoms with Gasteiger partial charge in [0, 0.05) is 0 Å². The Morgan fingerprint density at radius 1 is 1.40 bits per heavy atom. The van der Waals surface area contributed by atoms with Gasteiger partial charge in [0.1, 0.15) is 23.0 Å². The van der Waals surface area contributed by atoms with Crippen molar-refractivity contribution in [3.05, 3.63) is 0 Å². The van der Waals surface area contributed by atoms with Crippen molar-refractivity contribution in [3.63, 3.8) is 0 Å². The van der Waals surface area contributed by atoms with E-state index in [1.165, 1.54) is 0 Å². The highest BCUT2D eigenvalue weighted by Crippen LogP contribution is 1.92. The van der Waals surface area contributed by atoms with Gasteiger partial charge in [-0.2, -0.15) is 0 Å². The molecule has 0 amide bonds. The van der Waals surface area contributed by atoms with Crippen LogP contribution in [0.5, 0.6) is 0 Å². The molecule has 10 heavy (non-hydrogen) atoms. The van der Waals surface area contributed by atoms with Gasteiger partial charge < -0.3 is 13.5 Å². The Labute approximate surface area is 75.9 Å². The van der Waals surface area contributed by atoms with Crippen molar-refractivity contribution >= 4 is 23.0 Å². The second-order valence-electron chi connectivity index (χ2n) is 2.42. The molecular weight excluding hydrogens is 245 g/mol. The third kappa shape index (κ3) is 6.73. The first kappa shape index (κ1) is 10.6. The first-order valence-electron chi connectivity index (χ1n) is 3.27. The predicted molar refractivity (Wildman–Crippen MR) is 49.0 cm³/mol. The van der Waals surface area contributed by atoms with E-state index < -0.39 is 0 Å². The SMILES string of the molecule is CC(C)OCC(N)COI. The van der Waals surface area contributed by atoms with E-state index in [0.29, 0.717) is 13.2 Å². The molecule has 1 atom stereocenters. The molecule has 4 heteroatoms. The molecule has 0 fully saturated rings. The molecule has 0 radical (unpaired) electrons. The molecule has 0 rings (SSSR count). The van der Waals surface area contributed by atoms with Gasteiger partial charge in [-0.1, -0.05) is 0 Å². The summed E-state index contributed by atoms with van der Waals surface area (Å²) in [4.78, 5) is 0. The number of hydrogen-bond acceptors (Lipinski definition) is 3. The molecule has 62 valence electrons. The van der Waals surface area contributed by atoms with E-state index in [-0.39, 0.29) is 12.1 Å². The van der Waals surface area contributed by atoms with Crippen molar-refractivity contribution < 1.29 is 7.80 Å². The number of halogens is 1. The number of hydrogen-bond donors (Lipinski definition) is 1. The lowest BCUT2D eigenvalue weighted by Gasteiger charge is -2.12. The Hall–Kier alpha value is 0.610. The maximum Gasteiger partial charge on any atom is 0.109 e. The van der Waals surface area contributed by atoms with Crippen LogP contribution in [0.3, 0.4) is 0 Å². The minimum Gasteiger partial charge on any atom is -0.377 e. The van der Waals surface area contributed by atoms with Crippen LogP contribution in [0.2, 0.25) is 0 Å². The molecule has 0 saturated carbocycles. The van der Waals surface area contributed by atoms with Crippen LogP contribution in [-0.2, 0) is 7.80 Å². The Morgan fingerprint density at radius 3 is 2.40 bits per heavy atom. The van der Waals surface area contributed by atoms with Gasteiger partial charge in [-0.25, -0.2) is 0 Å². The van der Waals surface area contributed by atoms with Crippen LogP contribution < -0.4 is 5.73 Å². The van der Waals surface area contributed by atoms with Gasteiger partial charge >= 0.3 is 0 Å². The lowest BCUT2D eigenvalue weighted by atomic mass is 10.3. The lowest BCUT2D eigenvalue weighted by molar-refractivity contribution is 0.0622. The van der Waals surface area contributed by atoms with Crippen LogP contribution in [0.15, 0.2) is 0 Å². The number of rotatable bonds is 5. The molecule has 0 aromatic carbocycles. The third-order valence-corrected chi connectivity index (χ3v) is 1.28. The number of ether oxygens (including phenoxy) is 1. The maximum atomic E-state index is 5.58. The second-order valence-corrected chi connectivity index (χ2v) is 3.04. The van der Waals surface area contributed by atoms with Crippen molar-refractivity contribution in [2.45, 2.75) is 26.0 Å². The van der Waals surface area contributed by atoms with Crippen LogP contribution in [0, 0.1) is 0 Å². The minimum absolute atomic E-state index is 0.000648. The van der Waals surface area contributed by atoms with Gasteiger partial charge in [0.15, 0.2) is 0 Å². The van der Waals surface area contributed by atoms with E-state index in [9.17, 15) is 0 Å². The minimum atomic E-state index is -0.000648. The van der Waals surface area contributed by atoms with E-state index in [0.717, 1.165) is 0 Å². The van der Waals surface area contributed by atoms with Crippen molar-refractivity contribution in [1.29, 1.82) is 0 Å². The molecule has 0 aromatic heterocycles. The van der Waals surface area contributed by atoms with Crippen LogP contribution in [-0.4, -0.2) is 25.4 Å². The average Bonchev–Trinajstić information content (AvgIpc) is 1.85. The molecule has 0 aromatic rings. The molecule has 3 nitrogen and oxygen atoms in total. The Kier molecular flexibility index (Phi) is 6.71. The van der Waals surface area contributed by atoms with Gasteiger partial charge in [-0.3, -0.25) is 0 Å². The summed E-state index contributed by atoms with van der Waals surface area (Å²) >= 11 is 1.82. The van der Waals surface area contributed by atoms with Crippen molar-refractivity contribution in [3.8, 4) is 0 Å². The summed E-state index contributed by atoms with van der Waals surface area (Å²) in [5.41, 5.74) is 5.58. The standard InChI is InChI=1S/C6H14INO2/c1-5(2)9-3-6(8)4-10-7/h5-6H,3-4,8H2,1-2H3. The summed E-state index contributed by atoms with van der Waals surface area (Å²) < 4.78 is 10.0. The van der Waals surface area contributed by atoms with E-state index in [4.69, 9.17) is 13.5 Å². The first-order valence-corrected chi connectivity index (χ1v) is 4.15. The smallest absolute Gasteiger partial charge is 0.109 e. The molecule has 2 N–H and O–H groups in total. The van der Waals surface area contributed by atoms with Crippen LogP contribution >= 0.6 is 23.0 Å². The highest BCUT2D eigenvalue weighted by Gasteiger charge is 2.02. The van der Waals surface area contributed by atoms with E-state index in [1.54, 1.807) is 0 Å². The van der Waals surface area contributed by atoms with Crippen LogP contribution in [0.4, 0.5) is 0 Å². The molecule has 0 heterocycles. The van der Waals surface area contributed by atoms with Crippen LogP contribution in [0.25, 0.3) is 0 Å². The molecule has 1 unspecified atom stereocenters. The fraction of sp³-hybridized carbons (Fsp3) is 1.00. The zero-order valence-corrected chi connectivity index (χ0v) is 8.50. The lowest BCUT2D eigenvalue weighted by Crippen LogP contribution is -2.31. The second kappa shape index (κ2) is 6.33. The van der Waals surface area contributed by atoms with Gasteiger partial charge in [-0.05, 0) is 13.8 Å². The summed E-state index contributed by atoms with van der Waals surface area (Å²) in [5, 5.41) is 0. The largest absolute Gasteiger partial charge is 0.377 e. The van der Waals surface area contributed by atoms with E-state index in [2.05, 4.69) is 0 Å². The average molecular weight is 259 g/mol. The summed E-state index contributed by atoms with van der Waals surface area (Å²) in [6.07, 6.45) is 0.250. The molecule has 0 spiro atoms. The fourth-order valence-corrected chi connectivity index (χ4v) is 0.907. The maximum absolute atomic E-state index is 5.58. The molecule has 0 aliphatic heterocycles. The summed E-state index contributed by atoms with van der Waals surface area (Å²) in [6, 6.07) is -0.000648. The summed E-state index contributed by atoms with van der Waals surface area (Å²) in [6.45, 7) is 5.09. The van der Waals surface area contributed by atoms with E-state index in [1.807, 2.05) is 36.9 Å². The Bertz CT molecular complexity index is 80.1. The van der Waals surface area contributed by atoms with Gasteiger partial charge in [0.2, 0.25) is 0 Å². The van der Waals surface area contributed by atoms with E-state index >= 15 is 0 Å². The van der Waals surface area contributed by atoms with Crippen molar-refractivity contribution in [1.82, 2.24) is 0 Å². The first-order chi connectivity index (χ1) is 4.66. The normalized spacial score (nSPS) is 14.1. The highest BCUT2D eigenvalue weighted by molar-refractivity contribution is 14.1. The zero-order chi connectivity index (χ0) is 7.98. The predicted octanol–water partition coefficient (Wildman–Crippen LogP) is 1.11. The monoisotopic (exact) mass is 259 g/mol. The molecular formula is C6H14INO2. The highest BCUT2D eigenvalue weighted by atomic mass is 127. The summed E-state index contributed by atoms with van der Waals surface area (Å²) in [5.74, 6) is 0. The number of nitrogens with two attached hydrogens (primary N) is 1. The van der Waals surface area contributed by atoms with Gasteiger partial charge in [-0.15, -0.1) is 0 Å². The quantitative estimate of drug-likeness (QED) is 0.752. The Morgan fingerprint density at radius 2 is 2.00 bits per heavy atom. The van der Waals surface area contributed by atoms with Crippen LogP contribution in [0.1, 0.15) is 13.8 Å². The van der Waals surface area contributed by atoms with Crippen molar-refractivity contribution in [2.75, 3.05) is 13.2 Å². The Balaban J connectivity index is 3.12. The summed E-state index contributed by atoms with van der Waals surface area (Å²) in [7, 11) is 0. The van der Waals surface area contributed by atoms with Gasteiger partial charge in [0.05, 0.1) is 25.4 Å². The molecule has 0 saturated heterocycles. The van der Waals surface area contributed by atoms with Gasteiger partial charge in [0.25, 0.3) is 0 Å². The zero-order valence-electron chi connectivity index (χ0n) is 6.34. The topological polar surface area (TPSA) is 44.5 Å².